The zero-order valence-electron chi connectivity index (χ0n) is 12.7. The van der Waals surface area contributed by atoms with Gasteiger partial charge in [-0.3, -0.25) is 9.59 Å². The number of aromatic nitrogens is 1. The van der Waals surface area contributed by atoms with Crippen LogP contribution in [0.3, 0.4) is 0 Å². The van der Waals surface area contributed by atoms with Gasteiger partial charge in [-0.2, -0.15) is 11.8 Å². The SMILES string of the molecule is COc1c[nH]c(C(=O)NCCS(=O)(=O)N2CCSCC2)cc1=O. The van der Waals surface area contributed by atoms with Gasteiger partial charge in [0.1, 0.15) is 5.69 Å². The molecule has 1 amide bonds. The van der Waals surface area contributed by atoms with Crippen LogP contribution in [0.2, 0.25) is 0 Å². The van der Waals surface area contributed by atoms with Gasteiger partial charge in [-0.15, -0.1) is 0 Å². The summed E-state index contributed by atoms with van der Waals surface area (Å²) in [4.78, 5) is 26.2. The molecule has 0 bridgehead atoms. The molecule has 10 heteroatoms. The van der Waals surface area contributed by atoms with Crippen LogP contribution < -0.4 is 15.5 Å². The van der Waals surface area contributed by atoms with E-state index in [-0.39, 0.29) is 23.7 Å². The third-order valence-corrected chi connectivity index (χ3v) is 6.17. The highest BCUT2D eigenvalue weighted by molar-refractivity contribution is 7.99. The van der Waals surface area contributed by atoms with Crippen LogP contribution in [0.25, 0.3) is 0 Å². The summed E-state index contributed by atoms with van der Waals surface area (Å²) >= 11 is 1.73. The molecule has 1 aromatic rings. The van der Waals surface area contributed by atoms with E-state index >= 15 is 0 Å². The van der Waals surface area contributed by atoms with Crippen LogP contribution in [0.1, 0.15) is 10.5 Å². The maximum absolute atomic E-state index is 12.1. The van der Waals surface area contributed by atoms with Gasteiger partial charge in [0.2, 0.25) is 15.5 Å². The number of amides is 1. The number of thioether (sulfide) groups is 1. The van der Waals surface area contributed by atoms with E-state index in [9.17, 15) is 18.0 Å². The number of H-pyrrole nitrogens is 1. The summed E-state index contributed by atoms with van der Waals surface area (Å²) in [6, 6.07) is 1.12. The van der Waals surface area contributed by atoms with E-state index in [4.69, 9.17) is 4.74 Å². The summed E-state index contributed by atoms with van der Waals surface area (Å²) in [6.45, 7) is 0.998. The van der Waals surface area contributed by atoms with Gasteiger partial charge in [-0.25, -0.2) is 12.7 Å². The van der Waals surface area contributed by atoms with E-state index in [1.54, 1.807) is 11.8 Å². The van der Waals surface area contributed by atoms with Crippen LogP contribution in [0.5, 0.6) is 5.75 Å². The monoisotopic (exact) mass is 361 g/mol. The van der Waals surface area contributed by atoms with Crippen molar-refractivity contribution in [2.45, 2.75) is 0 Å². The molecular weight excluding hydrogens is 342 g/mol. The van der Waals surface area contributed by atoms with Gasteiger partial charge in [-0.1, -0.05) is 0 Å². The first-order valence-electron chi connectivity index (χ1n) is 7.04. The fourth-order valence-electron chi connectivity index (χ4n) is 2.09. The largest absolute Gasteiger partial charge is 0.491 e. The highest BCUT2D eigenvalue weighted by atomic mass is 32.2. The Labute approximate surface area is 138 Å². The van der Waals surface area contributed by atoms with Crippen molar-refractivity contribution in [2.75, 3.05) is 44.0 Å². The molecule has 0 spiro atoms. The molecule has 1 saturated heterocycles. The smallest absolute Gasteiger partial charge is 0.267 e. The Morgan fingerprint density at radius 2 is 2.13 bits per heavy atom. The van der Waals surface area contributed by atoms with Crippen molar-refractivity contribution in [3.63, 3.8) is 0 Å². The summed E-state index contributed by atoms with van der Waals surface area (Å²) in [5, 5.41) is 2.50. The highest BCUT2D eigenvalue weighted by Crippen LogP contribution is 2.13. The molecule has 2 heterocycles. The number of ether oxygens (including phenoxy) is 1. The first kappa shape index (κ1) is 17.8. The molecule has 2 rings (SSSR count). The van der Waals surface area contributed by atoms with Gasteiger partial charge in [0, 0.05) is 43.4 Å². The van der Waals surface area contributed by atoms with Crippen molar-refractivity contribution in [3.8, 4) is 5.75 Å². The lowest BCUT2D eigenvalue weighted by atomic mass is 10.3. The van der Waals surface area contributed by atoms with E-state index in [0.29, 0.717) is 13.1 Å². The van der Waals surface area contributed by atoms with Crippen LogP contribution in [0.15, 0.2) is 17.1 Å². The molecule has 0 saturated carbocycles. The van der Waals surface area contributed by atoms with E-state index < -0.39 is 21.4 Å². The lowest BCUT2D eigenvalue weighted by molar-refractivity contribution is 0.0951. The van der Waals surface area contributed by atoms with E-state index in [1.165, 1.54) is 17.6 Å². The van der Waals surface area contributed by atoms with Crippen LogP contribution in [-0.4, -0.2) is 67.6 Å². The van der Waals surface area contributed by atoms with Crippen LogP contribution in [0, 0.1) is 0 Å². The third kappa shape index (κ3) is 4.72. The number of sulfonamides is 1. The molecular formula is C13H19N3O5S2. The lowest BCUT2D eigenvalue weighted by Gasteiger charge is -2.25. The fraction of sp³-hybridized carbons (Fsp3) is 0.538. The number of nitrogens with zero attached hydrogens (tertiary/aromatic N) is 1. The molecule has 0 atom stereocenters. The first-order chi connectivity index (χ1) is 10.9. The van der Waals surface area contributed by atoms with Gasteiger partial charge in [0.05, 0.1) is 12.9 Å². The Balaban J connectivity index is 1.89. The minimum atomic E-state index is -3.37. The second-order valence-electron chi connectivity index (χ2n) is 4.86. The van der Waals surface area contributed by atoms with Gasteiger partial charge in [0.25, 0.3) is 5.91 Å². The Morgan fingerprint density at radius 1 is 1.43 bits per heavy atom. The number of pyridine rings is 1. The molecule has 23 heavy (non-hydrogen) atoms. The van der Waals surface area contributed by atoms with E-state index in [0.717, 1.165) is 17.6 Å². The topological polar surface area (TPSA) is 109 Å². The van der Waals surface area contributed by atoms with Crippen LogP contribution >= 0.6 is 11.8 Å². The molecule has 1 aliphatic rings. The molecule has 0 aliphatic carbocycles. The molecule has 0 unspecified atom stereocenters. The summed E-state index contributed by atoms with van der Waals surface area (Å²) in [5.74, 6) is 0.988. The third-order valence-electron chi connectivity index (χ3n) is 3.35. The standard InChI is InChI=1S/C13H19N3O5S2/c1-21-12-9-15-10(8-11(12)17)13(18)14-2-7-23(19,20)16-3-5-22-6-4-16/h8-9H,2-7H2,1H3,(H,14,18)(H,15,17). The number of aromatic amines is 1. The molecule has 128 valence electrons. The second-order valence-corrected chi connectivity index (χ2v) is 8.18. The predicted molar refractivity (Wildman–Crippen MR) is 88.6 cm³/mol. The maximum atomic E-state index is 12.1. The van der Waals surface area contributed by atoms with Crippen molar-refractivity contribution in [3.05, 3.63) is 28.2 Å². The number of hydrogen-bond donors (Lipinski definition) is 2. The predicted octanol–water partition coefficient (Wildman–Crippen LogP) is -0.508. The minimum Gasteiger partial charge on any atom is -0.491 e. The Kier molecular flexibility index (Phi) is 6.08. The number of carbonyl (C=O) groups is 1. The minimum absolute atomic E-state index is 0.0150. The normalized spacial score (nSPS) is 16.0. The average Bonchev–Trinajstić information content (AvgIpc) is 2.55. The quantitative estimate of drug-likeness (QED) is 0.707. The van der Waals surface area contributed by atoms with Crippen molar-refractivity contribution < 1.29 is 17.9 Å². The van der Waals surface area contributed by atoms with Gasteiger partial charge < -0.3 is 15.0 Å². The van der Waals surface area contributed by atoms with Crippen molar-refractivity contribution in [1.82, 2.24) is 14.6 Å². The Hall–Kier alpha value is -1.52. The molecule has 8 nitrogen and oxygen atoms in total. The lowest BCUT2D eigenvalue weighted by Crippen LogP contribution is -2.42. The average molecular weight is 361 g/mol. The molecule has 1 aliphatic heterocycles. The molecule has 2 N–H and O–H groups in total. The number of hydrogen-bond acceptors (Lipinski definition) is 6. The Morgan fingerprint density at radius 3 is 2.74 bits per heavy atom. The van der Waals surface area contributed by atoms with Gasteiger partial charge >= 0.3 is 0 Å². The summed E-state index contributed by atoms with van der Waals surface area (Å²) in [5.41, 5.74) is -0.364. The number of rotatable bonds is 6. The van der Waals surface area contributed by atoms with Crippen molar-refractivity contribution in [2.24, 2.45) is 0 Å². The van der Waals surface area contributed by atoms with Crippen LogP contribution in [-0.2, 0) is 10.0 Å². The summed E-state index contributed by atoms with van der Waals surface area (Å²) < 4.78 is 30.5. The number of nitrogens with one attached hydrogen (secondary N) is 2. The second kappa shape index (κ2) is 7.84. The van der Waals surface area contributed by atoms with Crippen molar-refractivity contribution in [1.29, 1.82) is 0 Å². The highest BCUT2D eigenvalue weighted by Gasteiger charge is 2.23. The van der Waals surface area contributed by atoms with Gasteiger partial charge in [-0.05, 0) is 0 Å². The molecule has 1 fully saturated rings. The first-order valence-corrected chi connectivity index (χ1v) is 9.81. The fourth-order valence-corrected chi connectivity index (χ4v) is 4.58. The molecule has 0 radical (unpaired) electrons. The van der Waals surface area contributed by atoms with Crippen molar-refractivity contribution >= 4 is 27.7 Å². The number of methoxy groups -OCH3 is 1. The van der Waals surface area contributed by atoms with E-state index in [1.807, 2.05) is 0 Å². The maximum Gasteiger partial charge on any atom is 0.267 e. The van der Waals surface area contributed by atoms with Gasteiger partial charge in [0.15, 0.2) is 5.75 Å². The summed E-state index contributed by atoms with van der Waals surface area (Å²) in [7, 11) is -2.01. The zero-order valence-corrected chi connectivity index (χ0v) is 14.3. The molecule has 1 aromatic heterocycles. The van der Waals surface area contributed by atoms with Crippen LogP contribution in [0.4, 0.5) is 0 Å². The number of carbonyl (C=O) groups excluding carboxylic acids is 1. The zero-order chi connectivity index (χ0) is 16.9. The summed E-state index contributed by atoms with van der Waals surface area (Å²) in [6.07, 6.45) is 1.29. The molecule has 0 aromatic carbocycles. The Bertz CT molecular complexity index is 711. The van der Waals surface area contributed by atoms with E-state index in [2.05, 4.69) is 10.3 Å².